The Morgan fingerprint density at radius 3 is 2.62 bits per heavy atom. The van der Waals surface area contributed by atoms with Crippen LogP contribution in [0.15, 0.2) is 87.7 Å². The first-order chi connectivity index (χ1) is 17.9. The number of anilines is 1. The van der Waals surface area contributed by atoms with Crippen LogP contribution in [0, 0.1) is 10.1 Å². The van der Waals surface area contributed by atoms with Crippen molar-refractivity contribution in [1.29, 1.82) is 0 Å². The molecule has 9 nitrogen and oxygen atoms in total. The van der Waals surface area contributed by atoms with E-state index in [4.69, 9.17) is 21.1 Å². The van der Waals surface area contributed by atoms with Crippen LogP contribution in [0.3, 0.4) is 0 Å². The molecule has 2 aromatic heterocycles. The molecule has 1 amide bonds. The lowest BCUT2D eigenvalue weighted by Crippen LogP contribution is -2.33. The molecule has 0 atom stereocenters. The molecule has 0 saturated heterocycles. The van der Waals surface area contributed by atoms with Crippen molar-refractivity contribution in [3.05, 3.63) is 100 Å². The Labute approximate surface area is 216 Å². The highest BCUT2D eigenvalue weighted by Gasteiger charge is 2.16. The van der Waals surface area contributed by atoms with Gasteiger partial charge in [0.1, 0.15) is 11.3 Å². The predicted molar refractivity (Wildman–Crippen MR) is 143 cm³/mol. The third-order valence-electron chi connectivity index (χ3n) is 5.63. The van der Waals surface area contributed by atoms with Crippen molar-refractivity contribution < 1.29 is 18.6 Å². The van der Waals surface area contributed by atoms with Crippen LogP contribution in [0.25, 0.3) is 33.9 Å². The molecule has 10 heteroatoms. The summed E-state index contributed by atoms with van der Waals surface area (Å²) in [6.07, 6.45) is 0.912. The van der Waals surface area contributed by atoms with Gasteiger partial charge < -0.3 is 14.2 Å². The first-order valence-electron chi connectivity index (χ1n) is 11.4. The molecule has 0 aliphatic carbocycles. The number of non-ortho nitro benzene ring substituents is 1. The molecule has 0 bridgehead atoms. The molecule has 2 heterocycles. The molecule has 0 spiro atoms. The average Bonchev–Trinajstić information content (AvgIpc) is 3.56. The zero-order valence-electron chi connectivity index (χ0n) is 19.6. The van der Waals surface area contributed by atoms with Crippen molar-refractivity contribution in [2.75, 3.05) is 5.32 Å². The van der Waals surface area contributed by atoms with Gasteiger partial charge in [0.2, 0.25) is 5.89 Å². The normalized spacial score (nSPS) is 10.8. The minimum atomic E-state index is -0.559. The number of carbonyl (C=O) groups is 1. The second-order valence-corrected chi connectivity index (χ2v) is 8.54. The van der Waals surface area contributed by atoms with E-state index < -0.39 is 10.8 Å². The summed E-state index contributed by atoms with van der Waals surface area (Å²) in [6, 6.07) is 22.3. The molecule has 5 rings (SSSR count). The summed E-state index contributed by atoms with van der Waals surface area (Å²) in [5, 5.41) is 16.6. The van der Waals surface area contributed by atoms with Gasteiger partial charge in [0, 0.05) is 28.9 Å². The molecule has 0 unspecified atom stereocenters. The Morgan fingerprint density at radius 1 is 1.00 bits per heavy atom. The fraction of sp³-hybridized carbons (Fsp3) is 0.0741. The van der Waals surface area contributed by atoms with Crippen LogP contribution in [0.2, 0.25) is 0 Å². The zero-order chi connectivity index (χ0) is 25.9. The number of fused-ring (bicyclic) bond motifs is 1. The first kappa shape index (κ1) is 23.9. The standard InChI is InChI=1S/C27H20N4O5S/c1-2-16-9-10-23-21(13-16)29-26(36-23)18-6-3-7-19(14-18)28-27(37)30-25(32)24-12-11-22(35-24)17-5-4-8-20(15-17)31(33)34/h3-15H,2H2,1H3,(H2,28,30,32,37). The summed E-state index contributed by atoms with van der Waals surface area (Å²) in [4.78, 5) is 27.8. The van der Waals surface area contributed by atoms with E-state index in [0.29, 0.717) is 28.5 Å². The molecular formula is C27H20N4O5S. The maximum Gasteiger partial charge on any atom is 0.293 e. The summed E-state index contributed by atoms with van der Waals surface area (Å²) < 4.78 is 11.5. The number of carbonyl (C=O) groups excluding carboxylic acids is 1. The second kappa shape index (κ2) is 10.0. The van der Waals surface area contributed by atoms with Gasteiger partial charge in [-0.15, -0.1) is 0 Å². The number of aromatic nitrogens is 1. The number of furan rings is 1. The minimum absolute atomic E-state index is 0.0114. The van der Waals surface area contributed by atoms with E-state index in [2.05, 4.69) is 22.5 Å². The van der Waals surface area contributed by atoms with Crippen LogP contribution in [0.4, 0.5) is 11.4 Å². The van der Waals surface area contributed by atoms with E-state index in [-0.39, 0.29) is 16.6 Å². The third kappa shape index (κ3) is 5.24. The highest BCUT2D eigenvalue weighted by molar-refractivity contribution is 7.80. The van der Waals surface area contributed by atoms with E-state index in [1.54, 1.807) is 24.3 Å². The zero-order valence-corrected chi connectivity index (χ0v) is 20.4. The van der Waals surface area contributed by atoms with Crippen molar-refractivity contribution >= 4 is 45.7 Å². The number of benzene rings is 3. The predicted octanol–water partition coefficient (Wildman–Crippen LogP) is 6.35. The Balaban J connectivity index is 1.26. The fourth-order valence-corrected chi connectivity index (χ4v) is 3.97. The molecule has 0 saturated carbocycles. The molecule has 184 valence electrons. The van der Waals surface area contributed by atoms with Crippen LogP contribution in [0.5, 0.6) is 0 Å². The van der Waals surface area contributed by atoms with E-state index in [0.717, 1.165) is 17.5 Å². The molecule has 0 aliphatic rings. The van der Waals surface area contributed by atoms with E-state index in [1.165, 1.54) is 23.8 Å². The van der Waals surface area contributed by atoms with Gasteiger partial charge in [-0.05, 0) is 66.7 Å². The quantitative estimate of drug-likeness (QED) is 0.153. The number of nitrogens with one attached hydrogen (secondary N) is 2. The fourth-order valence-electron chi connectivity index (χ4n) is 3.76. The third-order valence-corrected chi connectivity index (χ3v) is 5.83. The van der Waals surface area contributed by atoms with Gasteiger partial charge in [-0.25, -0.2) is 4.98 Å². The highest BCUT2D eigenvalue weighted by Crippen LogP contribution is 2.28. The second-order valence-electron chi connectivity index (χ2n) is 8.14. The van der Waals surface area contributed by atoms with Gasteiger partial charge in [0.05, 0.1) is 4.92 Å². The van der Waals surface area contributed by atoms with Crippen molar-refractivity contribution in [3.8, 4) is 22.8 Å². The minimum Gasteiger partial charge on any atom is -0.451 e. The van der Waals surface area contributed by atoms with Crippen LogP contribution in [-0.4, -0.2) is 20.9 Å². The number of hydrogen-bond acceptors (Lipinski definition) is 7. The Hall–Kier alpha value is -4.83. The summed E-state index contributed by atoms with van der Waals surface area (Å²) in [6.45, 7) is 2.08. The molecule has 2 N–H and O–H groups in total. The van der Waals surface area contributed by atoms with Gasteiger partial charge in [0.15, 0.2) is 16.5 Å². The van der Waals surface area contributed by atoms with Gasteiger partial charge in [0.25, 0.3) is 11.6 Å². The molecule has 0 fully saturated rings. The van der Waals surface area contributed by atoms with Crippen LogP contribution in [0.1, 0.15) is 23.0 Å². The number of thiocarbonyl (C=S) groups is 1. The SMILES string of the molecule is CCc1ccc2oc(-c3cccc(NC(=S)NC(=O)c4ccc(-c5cccc([N+](=O)[O-])c5)o4)c3)nc2c1. The number of nitro groups is 1. The van der Waals surface area contributed by atoms with Gasteiger partial charge in [-0.2, -0.15) is 0 Å². The van der Waals surface area contributed by atoms with Crippen LogP contribution >= 0.6 is 12.2 Å². The number of amides is 1. The average molecular weight is 513 g/mol. The molecule has 3 aromatic carbocycles. The number of aryl methyl sites for hydroxylation is 1. The molecule has 0 aliphatic heterocycles. The summed E-state index contributed by atoms with van der Waals surface area (Å²) in [7, 11) is 0. The summed E-state index contributed by atoms with van der Waals surface area (Å²) in [5.41, 5.74) is 4.47. The van der Waals surface area contributed by atoms with Gasteiger partial charge >= 0.3 is 0 Å². The van der Waals surface area contributed by atoms with Crippen molar-refractivity contribution in [3.63, 3.8) is 0 Å². The topological polar surface area (TPSA) is 123 Å². The summed E-state index contributed by atoms with van der Waals surface area (Å²) >= 11 is 5.30. The van der Waals surface area contributed by atoms with Crippen molar-refractivity contribution in [2.24, 2.45) is 0 Å². The highest BCUT2D eigenvalue weighted by atomic mass is 32.1. The first-order valence-corrected chi connectivity index (χ1v) is 11.8. The van der Waals surface area contributed by atoms with Crippen molar-refractivity contribution in [1.82, 2.24) is 10.3 Å². The monoisotopic (exact) mass is 512 g/mol. The number of nitro benzene ring substituents is 1. The van der Waals surface area contributed by atoms with E-state index in [1.807, 2.05) is 36.4 Å². The lowest BCUT2D eigenvalue weighted by atomic mass is 10.1. The number of nitrogens with zero attached hydrogens (tertiary/aromatic N) is 2. The Bertz CT molecular complexity index is 1660. The summed E-state index contributed by atoms with van der Waals surface area (Å²) in [5.74, 6) is 0.254. The van der Waals surface area contributed by atoms with Crippen LogP contribution in [-0.2, 0) is 6.42 Å². The van der Waals surface area contributed by atoms with E-state index >= 15 is 0 Å². The lowest BCUT2D eigenvalue weighted by Gasteiger charge is -2.09. The van der Waals surface area contributed by atoms with Crippen molar-refractivity contribution in [2.45, 2.75) is 13.3 Å². The number of hydrogen-bond donors (Lipinski definition) is 2. The van der Waals surface area contributed by atoms with E-state index in [9.17, 15) is 14.9 Å². The van der Waals surface area contributed by atoms with Gasteiger partial charge in [-0.3, -0.25) is 20.2 Å². The lowest BCUT2D eigenvalue weighted by molar-refractivity contribution is -0.384. The van der Waals surface area contributed by atoms with Gasteiger partial charge in [-0.1, -0.05) is 31.2 Å². The smallest absolute Gasteiger partial charge is 0.293 e. The molecule has 37 heavy (non-hydrogen) atoms. The van der Waals surface area contributed by atoms with Crippen LogP contribution < -0.4 is 10.6 Å². The largest absolute Gasteiger partial charge is 0.451 e. The Morgan fingerprint density at radius 2 is 1.81 bits per heavy atom. The molecular weight excluding hydrogens is 492 g/mol. The number of rotatable bonds is 6. The molecule has 0 radical (unpaired) electrons. The molecule has 5 aromatic rings. The maximum absolute atomic E-state index is 12.6. The number of oxazole rings is 1. The Kier molecular flexibility index (Phi) is 6.48. The maximum atomic E-state index is 12.6.